The zero-order valence-electron chi connectivity index (χ0n) is 5.37. The van der Waals surface area contributed by atoms with Crippen molar-refractivity contribution in [2.24, 2.45) is 10.7 Å². The third-order valence-corrected chi connectivity index (χ3v) is 0.599. The molecule has 0 atom stereocenters. The molecule has 0 aliphatic carbocycles. The molecule has 0 aliphatic heterocycles. The lowest BCUT2D eigenvalue weighted by Gasteiger charge is -1.97. The van der Waals surface area contributed by atoms with Gasteiger partial charge in [-0.3, -0.25) is 4.99 Å². The van der Waals surface area contributed by atoms with Crippen molar-refractivity contribution in [2.45, 2.75) is 0 Å². The van der Waals surface area contributed by atoms with E-state index in [9.17, 15) is 4.79 Å². The Kier molecular flexibility index (Phi) is 3.70. The van der Waals surface area contributed by atoms with Gasteiger partial charge in [0.15, 0.2) is 0 Å². The molecule has 0 aliphatic rings. The lowest BCUT2D eigenvalue weighted by molar-refractivity contribution is -0.128. The van der Waals surface area contributed by atoms with Gasteiger partial charge in [0.25, 0.3) is 0 Å². The Morgan fingerprint density at radius 3 is 2.90 bits per heavy atom. The first kappa shape index (κ1) is 8.48. The maximum Gasteiger partial charge on any atom is 0.346 e. The molecule has 0 saturated carbocycles. The first-order chi connectivity index (χ1) is 4.63. The lowest BCUT2D eigenvalue weighted by atomic mass is 10.7. The van der Waals surface area contributed by atoms with Crippen LogP contribution in [-0.2, 0) is 4.79 Å². The van der Waals surface area contributed by atoms with E-state index >= 15 is 0 Å². The number of rotatable bonds is 4. The number of carboxylic acid groups (broad SMARTS) is 1. The van der Waals surface area contributed by atoms with Crippen molar-refractivity contribution in [1.82, 2.24) is 5.32 Å². The summed E-state index contributed by atoms with van der Waals surface area (Å²) >= 11 is 0. The molecule has 0 amide bonds. The van der Waals surface area contributed by atoms with Gasteiger partial charge in [0, 0.05) is 0 Å². The second-order valence-electron chi connectivity index (χ2n) is 1.51. The number of nitrogens with two attached hydrogens (primary N) is 1. The predicted molar refractivity (Wildman–Crippen MR) is 37.5 cm³/mol. The molecule has 5 nitrogen and oxygen atoms in total. The summed E-state index contributed by atoms with van der Waals surface area (Å²) in [5.41, 5.74) is 5.08. The molecule has 0 radical (unpaired) electrons. The molecule has 0 spiro atoms. The summed E-state index contributed by atoms with van der Waals surface area (Å²) in [6, 6.07) is 0. The zero-order valence-corrected chi connectivity index (χ0v) is 5.37. The van der Waals surface area contributed by atoms with Crippen LogP contribution < -0.4 is 11.1 Å². The van der Waals surface area contributed by atoms with Crippen LogP contribution in [0.25, 0.3) is 0 Å². The van der Waals surface area contributed by atoms with Crippen LogP contribution in [0.2, 0.25) is 0 Å². The van der Waals surface area contributed by atoms with Crippen LogP contribution in [0.15, 0.2) is 17.4 Å². The maximum atomic E-state index is 9.81. The van der Waals surface area contributed by atoms with Gasteiger partial charge in [-0.2, -0.15) is 0 Å². The van der Waals surface area contributed by atoms with E-state index < -0.39 is 5.97 Å². The third kappa shape index (κ3) is 6.48. The summed E-state index contributed by atoms with van der Waals surface area (Å²) in [7, 11) is 0. The van der Waals surface area contributed by atoms with E-state index in [1.54, 1.807) is 0 Å². The van der Waals surface area contributed by atoms with Crippen molar-refractivity contribution in [2.75, 3.05) is 6.67 Å². The lowest BCUT2D eigenvalue weighted by Crippen LogP contribution is -2.18. The van der Waals surface area contributed by atoms with Crippen LogP contribution >= 0.6 is 0 Å². The highest BCUT2D eigenvalue weighted by atomic mass is 16.4. The van der Waals surface area contributed by atoms with Crippen molar-refractivity contribution in [3.8, 4) is 0 Å². The van der Waals surface area contributed by atoms with E-state index in [0.29, 0.717) is 0 Å². The second-order valence-corrected chi connectivity index (χ2v) is 1.51. The van der Waals surface area contributed by atoms with Gasteiger partial charge in [0.1, 0.15) is 12.9 Å². The number of carbonyl (C=O) groups is 1. The molecular weight excluding hydrogens is 134 g/mol. The fraction of sp³-hybridized carbons (Fsp3) is 0.200. The van der Waals surface area contributed by atoms with Gasteiger partial charge in [0.05, 0.1) is 5.82 Å². The molecule has 4 N–H and O–H groups in total. The van der Waals surface area contributed by atoms with Gasteiger partial charge >= 0.3 is 5.97 Å². The minimum Gasteiger partial charge on any atom is -0.477 e. The average Bonchev–Trinajstić information content (AvgIpc) is 1.79. The molecule has 0 heterocycles. The first-order valence-corrected chi connectivity index (χ1v) is 2.54. The van der Waals surface area contributed by atoms with Crippen LogP contribution in [0.5, 0.6) is 0 Å². The van der Waals surface area contributed by atoms with Crippen molar-refractivity contribution < 1.29 is 9.90 Å². The van der Waals surface area contributed by atoms with Crippen molar-refractivity contribution >= 4 is 12.2 Å². The largest absolute Gasteiger partial charge is 0.477 e. The van der Waals surface area contributed by atoms with Crippen molar-refractivity contribution in [1.29, 1.82) is 0 Å². The number of nitrogens with zero attached hydrogens (tertiary/aromatic N) is 1. The Hall–Kier alpha value is -1.52. The molecule has 0 aromatic rings. The van der Waals surface area contributed by atoms with E-state index in [2.05, 4.69) is 16.9 Å². The maximum absolute atomic E-state index is 9.81. The van der Waals surface area contributed by atoms with Gasteiger partial charge < -0.3 is 16.2 Å². The first-order valence-electron chi connectivity index (χ1n) is 2.54. The fourth-order valence-corrected chi connectivity index (χ4v) is 0.271. The highest BCUT2D eigenvalue weighted by Gasteiger charge is 1.84. The quantitative estimate of drug-likeness (QED) is 0.446. The third-order valence-electron chi connectivity index (χ3n) is 0.599. The normalized spacial score (nSPS) is 9.60. The summed E-state index contributed by atoms with van der Waals surface area (Å²) in [6.45, 7) is 3.46. The van der Waals surface area contributed by atoms with Crippen LogP contribution in [0.3, 0.4) is 0 Å². The van der Waals surface area contributed by atoms with Gasteiger partial charge in [-0.1, -0.05) is 6.58 Å². The molecule has 56 valence electrons. The van der Waals surface area contributed by atoms with Crippen LogP contribution in [0, 0.1) is 0 Å². The summed E-state index contributed by atoms with van der Waals surface area (Å²) in [5.74, 6) is -0.813. The van der Waals surface area contributed by atoms with Crippen LogP contribution in [-0.4, -0.2) is 24.0 Å². The highest BCUT2D eigenvalue weighted by Crippen LogP contribution is 1.67. The molecule has 5 heteroatoms. The van der Waals surface area contributed by atoms with Crippen LogP contribution in [0.1, 0.15) is 0 Å². The van der Waals surface area contributed by atoms with Gasteiger partial charge in [-0.15, -0.1) is 0 Å². The molecule has 0 saturated heterocycles. The number of hydrogen-bond acceptors (Lipinski definition) is 4. The fourth-order valence-electron chi connectivity index (χ4n) is 0.271. The van der Waals surface area contributed by atoms with E-state index in [1.165, 1.54) is 0 Å². The Balaban J connectivity index is 3.36. The van der Waals surface area contributed by atoms with Gasteiger partial charge in [0.2, 0.25) is 0 Å². The Bertz CT molecular complexity index is 164. The summed E-state index contributed by atoms with van der Waals surface area (Å²) in [4.78, 5) is 13.2. The summed E-state index contributed by atoms with van der Waals surface area (Å²) in [5, 5.41) is 10.6. The minimum atomic E-state index is -1.08. The van der Waals surface area contributed by atoms with E-state index in [4.69, 9.17) is 10.8 Å². The molecular formula is C5H9N3O2. The summed E-state index contributed by atoms with van der Waals surface area (Å²) < 4.78 is 0. The minimum absolute atomic E-state index is 0.141. The SMILES string of the molecule is C=C(N)NC/N=C/C(=O)O. The number of hydrogen-bond donors (Lipinski definition) is 3. The molecule has 0 unspecified atom stereocenters. The smallest absolute Gasteiger partial charge is 0.346 e. The molecule has 0 bridgehead atoms. The second kappa shape index (κ2) is 4.37. The van der Waals surface area contributed by atoms with Gasteiger partial charge in [-0.05, 0) is 0 Å². The highest BCUT2D eigenvalue weighted by molar-refractivity contribution is 6.21. The van der Waals surface area contributed by atoms with E-state index in [1.807, 2.05) is 0 Å². The number of carboxylic acids is 1. The van der Waals surface area contributed by atoms with E-state index in [0.717, 1.165) is 6.21 Å². The van der Waals surface area contributed by atoms with Crippen molar-refractivity contribution in [3.05, 3.63) is 12.4 Å². The Labute approximate surface area is 58.3 Å². The number of aliphatic carboxylic acids is 1. The average molecular weight is 143 g/mol. The van der Waals surface area contributed by atoms with Crippen LogP contribution in [0.4, 0.5) is 0 Å². The number of aliphatic imine (C=N–C) groups is 1. The molecule has 10 heavy (non-hydrogen) atoms. The molecule has 0 aromatic carbocycles. The molecule has 0 aromatic heterocycles. The van der Waals surface area contributed by atoms with Crippen molar-refractivity contribution in [3.63, 3.8) is 0 Å². The predicted octanol–water partition coefficient (Wildman–Crippen LogP) is -0.881. The molecule has 0 rings (SSSR count). The summed E-state index contributed by atoms with van der Waals surface area (Å²) in [6.07, 6.45) is 0.788. The monoisotopic (exact) mass is 143 g/mol. The van der Waals surface area contributed by atoms with E-state index in [-0.39, 0.29) is 12.5 Å². The Morgan fingerprint density at radius 1 is 1.90 bits per heavy atom. The standard InChI is InChI=1S/C5H9N3O2/c1-4(6)8-3-7-2-5(9)10/h2,8H,1,3,6H2,(H,9,10)/b7-2+. The number of nitrogens with one attached hydrogen (secondary N) is 1. The topological polar surface area (TPSA) is 87.7 Å². The molecule has 0 fully saturated rings. The van der Waals surface area contributed by atoms with Gasteiger partial charge in [-0.25, -0.2) is 4.79 Å². The zero-order chi connectivity index (χ0) is 7.98. The Morgan fingerprint density at radius 2 is 2.50 bits per heavy atom.